The molecular weight excluding hydrogens is 174 g/mol. The lowest BCUT2D eigenvalue weighted by Gasteiger charge is -1.97. The van der Waals surface area contributed by atoms with Crippen LogP contribution in [0, 0.1) is 0 Å². The standard InChI is InChI=1S/C8H11NO4/c1-6(10)9-5-4-7(11)2-3-8(12)13/h2-3H,4-5H2,1H3,(H,9,10)(H,12,13)/b3-2-. The number of allylic oxidation sites excluding steroid dienone is 1. The lowest BCUT2D eigenvalue weighted by molar-refractivity contribution is -0.131. The third-order valence-electron chi connectivity index (χ3n) is 1.16. The molecule has 0 heterocycles. The summed E-state index contributed by atoms with van der Waals surface area (Å²) in [5.74, 6) is -1.70. The van der Waals surface area contributed by atoms with Crippen molar-refractivity contribution < 1.29 is 19.5 Å². The molecule has 5 nitrogen and oxygen atoms in total. The van der Waals surface area contributed by atoms with Gasteiger partial charge in [0, 0.05) is 26.0 Å². The van der Waals surface area contributed by atoms with Crippen LogP contribution in [0.5, 0.6) is 0 Å². The van der Waals surface area contributed by atoms with Crippen LogP contribution in [0.25, 0.3) is 0 Å². The van der Waals surface area contributed by atoms with Gasteiger partial charge < -0.3 is 10.4 Å². The molecule has 5 heteroatoms. The summed E-state index contributed by atoms with van der Waals surface area (Å²) in [6.45, 7) is 1.58. The molecule has 0 radical (unpaired) electrons. The van der Waals surface area contributed by atoms with Crippen molar-refractivity contribution >= 4 is 17.7 Å². The SMILES string of the molecule is CC(=O)NCCC(=O)/C=C\C(=O)O. The van der Waals surface area contributed by atoms with E-state index in [1.165, 1.54) is 6.92 Å². The number of aliphatic carboxylic acids is 1. The van der Waals surface area contributed by atoms with E-state index in [9.17, 15) is 14.4 Å². The Labute approximate surface area is 75.4 Å². The molecule has 0 aliphatic heterocycles. The highest BCUT2D eigenvalue weighted by molar-refractivity contribution is 5.95. The van der Waals surface area contributed by atoms with Gasteiger partial charge in [-0.2, -0.15) is 0 Å². The highest BCUT2D eigenvalue weighted by Gasteiger charge is 1.98. The Kier molecular flexibility index (Phi) is 5.18. The lowest BCUT2D eigenvalue weighted by Crippen LogP contribution is -2.22. The number of nitrogens with one attached hydrogen (secondary N) is 1. The van der Waals surface area contributed by atoms with Crippen molar-refractivity contribution in [2.24, 2.45) is 0 Å². The second kappa shape index (κ2) is 5.93. The zero-order valence-electron chi connectivity index (χ0n) is 7.24. The van der Waals surface area contributed by atoms with Crippen molar-refractivity contribution in [2.45, 2.75) is 13.3 Å². The minimum absolute atomic E-state index is 0.114. The van der Waals surface area contributed by atoms with E-state index in [0.29, 0.717) is 0 Å². The molecular formula is C8H11NO4. The van der Waals surface area contributed by atoms with E-state index in [4.69, 9.17) is 5.11 Å². The van der Waals surface area contributed by atoms with Gasteiger partial charge in [-0.15, -0.1) is 0 Å². The molecule has 0 rings (SSSR count). The quantitative estimate of drug-likeness (QED) is 0.577. The van der Waals surface area contributed by atoms with Crippen molar-refractivity contribution in [3.63, 3.8) is 0 Å². The van der Waals surface area contributed by atoms with Gasteiger partial charge in [0.1, 0.15) is 0 Å². The lowest BCUT2D eigenvalue weighted by atomic mass is 10.2. The fourth-order valence-corrected chi connectivity index (χ4v) is 0.609. The number of carbonyl (C=O) groups excluding carboxylic acids is 2. The maximum atomic E-state index is 10.8. The number of carboxylic acids is 1. The smallest absolute Gasteiger partial charge is 0.328 e. The molecule has 0 aromatic rings. The summed E-state index contributed by atoms with van der Waals surface area (Å²) in [5, 5.41) is 10.6. The first-order valence-corrected chi connectivity index (χ1v) is 3.70. The van der Waals surface area contributed by atoms with Gasteiger partial charge in [-0.3, -0.25) is 9.59 Å². The second-order valence-electron chi connectivity index (χ2n) is 2.37. The molecule has 2 N–H and O–H groups in total. The molecule has 0 saturated carbocycles. The molecule has 0 aliphatic carbocycles. The van der Waals surface area contributed by atoms with Gasteiger partial charge >= 0.3 is 5.97 Å². The molecule has 0 bridgehead atoms. The van der Waals surface area contributed by atoms with Crippen LogP contribution in [0.4, 0.5) is 0 Å². The predicted octanol–water partition coefficient (Wildman–Crippen LogP) is -0.278. The number of hydrogen-bond acceptors (Lipinski definition) is 3. The molecule has 72 valence electrons. The highest BCUT2D eigenvalue weighted by Crippen LogP contribution is 1.84. The number of amides is 1. The van der Waals surface area contributed by atoms with Crippen LogP contribution >= 0.6 is 0 Å². The van der Waals surface area contributed by atoms with Crippen LogP contribution in [-0.4, -0.2) is 29.3 Å². The Hall–Kier alpha value is -1.65. The molecule has 1 amide bonds. The van der Waals surface area contributed by atoms with E-state index in [0.717, 1.165) is 12.2 Å². The highest BCUT2D eigenvalue weighted by atomic mass is 16.4. The molecule has 0 unspecified atom stereocenters. The zero-order valence-corrected chi connectivity index (χ0v) is 7.24. The number of carbonyl (C=O) groups is 3. The summed E-state index contributed by atoms with van der Waals surface area (Å²) in [4.78, 5) is 31.2. The van der Waals surface area contributed by atoms with Crippen molar-refractivity contribution in [2.75, 3.05) is 6.54 Å². The molecule has 0 spiro atoms. The summed E-state index contributed by atoms with van der Waals surface area (Å²) in [7, 11) is 0. The zero-order chi connectivity index (χ0) is 10.3. The molecule has 0 aliphatic rings. The van der Waals surface area contributed by atoms with Crippen LogP contribution in [0.1, 0.15) is 13.3 Å². The van der Waals surface area contributed by atoms with E-state index in [1.807, 2.05) is 0 Å². The van der Waals surface area contributed by atoms with E-state index < -0.39 is 5.97 Å². The van der Waals surface area contributed by atoms with Crippen molar-refractivity contribution in [3.05, 3.63) is 12.2 Å². The van der Waals surface area contributed by atoms with Gasteiger partial charge in [0.25, 0.3) is 0 Å². The number of carboxylic acid groups (broad SMARTS) is 1. The number of hydrogen-bond donors (Lipinski definition) is 2. The van der Waals surface area contributed by atoms with Gasteiger partial charge in [-0.1, -0.05) is 0 Å². The molecule has 0 aromatic carbocycles. The average Bonchev–Trinajstić information content (AvgIpc) is 2.00. The van der Waals surface area contributed by atoms with Gasteiger partial charge in [-0.05, 0) is 6.08 Å². The number of ketones is 1. The summed E-state index contributed by atoms with van der Waals surface area (Å²) in [5.41, 5.74) is 0. The molecule has 0 fully saturated rings. The fourth-order valence-electron chi connectivity index (χ4n) is 0.609. The van der Waals surface area contributed by atoms with Crippen molar-refractivity contribution in [3.8, 4) is 0 Å². The monoisotopic (exact) mass is 185 g/mol. The average molecular weight is 185 g/mol. The first-order valence-electron chi connectivity index (χ1n) is 3.70. The van der Waals surface area contributed by atoms with Crippen molar-refractivity contribution in [1.82, 2.24) is 5.32 Å². The first kappa shape index (κ1) is 11.4. The Morgan fingerprint density at radius 3 is 2.38 bits per heavy atom. The predicted molar refractivity (Wildman–Crippen MR) is 45.1 cm³/mol. The number of rotatable bonds is 5. The minimum atomic E-state index is -1.16. The second-order valence-corrected chi connectivity index (χ2v) is 2.37. The minimum Gasteiger partial charge on any atom is -0.478 e. The van der Waals surface area contributed by atoms with Crippen LogP contribution in [0.2, 0.25) is 0 Å². The summed E-state index contributed by atoms with van der Waals surface area (Å²) in [6, 6.07) is 0. The van der Waals surface area contributed by atoms with Crippen LogP contribution in [-0.2, 0) is 14.4 Å². The maximum Gasteiger partial charge on any atom is 0.328 e. The molecule has 13 heavy (non-hydrogen) atoms. The molecule has 0 aromatic heterocycles. The molecule has 0 atom stereocenters. The Morgan fingerprint density at radius 2 is 1.92 bits per heavy atom. The van der Waals surface area contributed by atoms with Crippen LogP contribution < -0.4 is 5.32 Å². The first-order chi connectivity index (χ1) is 6.02. The van der Waals surface area contributed by atoms with E-state index in [-0.39, 0.29) is 24.7 Å². The van der Waals surface area contributed by atoms with E-state index in [1.54, 1.807) is 0 Å². The third kappa shape index (κ3) is 8.25. The summed E-state index contributed by atoms with van der Waals surface area (Å²) < 4.78 is 0. The Morgan fingerprint density at radius 1 is 1.31 bits per heavy atom. The third-order valence-corrected chi connectivity index (χ3v) is 1.16. The van der Waals surface area contributed by atoms with Gasteiger partial charge in [0.15, 0.2) is 5.78 Å². The maximum absolute atomic E-state index is 10.8. The summed E-state index contributed by atoms with van der Waals surface area (Å²) in [6.07, 6.45) is 1.86. The van der Waals surface area contributed by atoms with Crippen LogP contribution in [0.15, 0.2) is 12.2 Å². The Bertz CT molecular complexity index is 245. The topological polar surface area (TPSA) is 83.5 Å². The summed E-state index contributed by atoms with van der Waals surface area (Å²) >= 11 is 0. The van der Waals surface area contributed by atoms with Gasteiger partial charge in [0.05, 0.1) is 0 Å². The van der Waals surface area contributed by atoms with E-state index >= 15 is 0 Å². The molecule has 0 saturated heterocycles. The Balaban J connectivity index is 3.64. The van der Waals surface area contributed by atoms with Gasteiger partial charge in [-0.25, -0.2) is 4.79 Å². The normalized spacial score (nSPS) is 9.92. The van der Waals surface area contributed by atoms with E-state index in [2.05, 4.69) is 5.32 Å². The fraction of sp³-hybridized carbons (Fsp3) is 0.375. The largest absolute Gasteiger partial charge is 0.478 e. The van der Waals surface area contributed by atoms with Crippen LogP contribution in [0.3, 0.4) is 0 Å². The van der Waals surface area contributed by atoms with Crippen molar-refractivity contribution in [1.29, 1.82) is 0 Å². The van der Waals surface area contributed by atoms with Gasteiger partial charge in [0.2, 0.25) is 5.91 Å².